The molecule has 164 valence electrons. The summed E-state index contributed by atoms with van der Waals surface area (Å²) >= 11 is 0. The summed E-state index contributed by atoms with van der Waals surface area (Å²) in [7, 11) is 1.64. The Hall–Kier alpha value is -3.13. The van der Waals surface area contributed by atoms with E-state index in [0.29, 0.717) is 19.5 Å². The molecule has 3 N–H and O–H groups in total. The largest absolute Gasteiger partial charge is 0.497 e. The van der Waals surface area contributed by atoms with Gasteiger partial charge in [0.1, 0.15) is 11.3 Å². The van der Waals surface area contributed by atoms with Crippen molar-refractivity contribution in [2.45, 2.75) is 25.3 Å². The van der Waals surface area contributed by atoms with Crippen molar-refractivity contribution in [1.82, 2.24) is 10.2 Å². The van der Waals surface area contributed by atoms with Gasteiger partial charge in [-0.15, -0.1) is 0 Å². The van der Waals surface area contributed by atoms with Crippen molar-refractivity contribution in [3.8, 4) is 5.75 Å². The fourth-order valence-corrected chi connectivity index (χ4v) is 4.30. The first-order valence-electron chi connectivity index (χ1n) is 10.8. The Morgan fingerprint density at radius 1 is 1.10 bits per heavy atom. The van der Waals surface area contributed by atoms with Gasteiger partial charge in [-0.2, -0.15) is 0 Å². The lowest BCUT2D eigenvalue weighted by Crippen LogP contribution is -3.16. The number of benzene rings is 1. The summed E-state index contributed by atoms with van der Waals surface area (Å²) in [6, 6.07) is 11.7. The number of imide groups is 1. The molecule has 8 heteroatoms. The molecule has 0 radical (unpaired) electrons. The third-order valence-corrected chi connectivity index (χ3v) is 6.34. The van der Waals surface area contributed by atoms with E-state index < -0.39 is 5.54 Å². The number of aromatic amines is 1. The zero-order valence-corrected chi connectivity index (χ0v) is 18.2. The van der Waals surface area contributed by atoms with Crippen LogP contribution in [0.15, 0.2) is 48.8 Å². The highest BCUT2D eigenvalue weighted by atomic mass is 16.5. The minimum atomic E-state index is -0.862. The van der Waals surface area contributed by atoms with Gasteiger partial charge >= 0.3 is 6.03 Å². The third kappa shape index (κ3) is 4.64. The zero-order chi connectivity index (χ0) is 21.8. The van der Waals surface area contributed by atoms with Gasteiger partial charge in [0.2, 0.25) is 0 Å². The number of anilines is 1. The second-order valence-electron chi connectivity index (χ2n) is 8.50. The van der Waals surface area contributed by atoms with Crippen molar-refractivity contribution >= 4 is 17.6 Å². The van der Waals surface area contributed by atoms with Gasteiger partial charge in [0.15, 0.2) is 19.1 Å². The number of pyridine rings is 1. The number of nitrogens with zero attached hydrogens (tertiary/aromatic N) is 2. The topological polar surface area (TPSA) is 80.5 Å². The van der Waals surface area contributed by atoms with Crippen molar-refractivity contribution < 1.29 is 24.2 Å². The van der Waals surface area contributed by atoms with Crippen LogP contribution in [0.2, 0.25) is 0 Å². The monoisotopic (exact) mass is 425 g/mol. The number of quaternary nitrogens is 1. The van der Waals surface area contributed by atoms with Crippen LogP contribution < -0.4 is 24.8 Å². The molecule has 2 fully saturated rings. The number of rotatable bonds is 7. The first-order chi connectivity index (χ1) is 15.0. The molecule has 3 amide bonds. The van der Waals surface area contributed by atoms with Gasteiger partial charge in [0.25, 0.3) is 5.91 Å². The molecular weight excluding hydrogens is 394 g/mol. The third-order valence-electron chi connectivity index (χ3n) is 6.34. The van der Waals surface area contributed by atoms with E-state index >= 15 is 0 Å². The second kappa shape index (κ2) is 8.93. The van der Waals surface area contributed by atoms with Gasteiger partial charge in [0, 0.05) is 17.8 Å². The molecule has 2 aliphatic heterocycles. The number of ether oxygens (including phenoxy) is 1. The van der Waals surface area contributed by atoms with E-state index in [1.165, 1.54) is 15.5 Å². The molecule has 4 rings (SSSR count). The minimum absolute atomic E-state index is 0.125. The molecule has 0 spiro atoms. The Labute approximate surface area is 182 Å². The van der Waals surface area contributed by atoms with Gasteiger partial charge in [-0.05, 0) is 37.5 Å². The van der Waals surface area contributed by atoms with Crippen LogP contribution in [0.5, 0.6) is 5.75 Å². The second-order valence-corrected chi connectivity index (χ2v) is 8.50. The van der Waals surface area contributed by atoms with Crippen LogP contribution in [-0.2, 0) is 11.2 Å². The predicted octanol–water partition coefficient (Wildman–Crippen LogP) is 0.115. The number of methoxy groups -OCH3 is 1. The van der Waals surface area contributed by atoms with Crippen molar-refractivity contribution in [2.24, 2.45) is 0 Å². The number of H-pyrrole nitrogens is 1. The van der Waals surface area contributed by atoms with Crippen LogP contribution in [0.3, 0.4) is 0 Å². The Bertz CT molecular complexity index is 913. The van der Waals surface area contributed by atoms with Gasteiger partial charge in [-0.3, -0.25) is 4.79 Å². The highest BCUT2D eigenvalue weighted by molar-refractivity contribution is 6.06. The number of aryl methyl sites for hydroxylation is 1. The molecule has 2 aromatic rings. The molecule has 8 nitrogen and oxygen atoms in total. The number of hydrogen-bond acceptors (Lipinski definition) is 4. The Morgan fingerprint density at radius 3 is 2.42 bits per heavy atom. The zero-order valence-electron chi connectivity index (χ0n) is 18.2. The van der Waals surface area contributed by atoms with E-state index in [2.05, 4.69) is 27.3 Å². The van der Waals surface area contributed by atoms with E-state index in [1.54, 1.807) is 7.11 Å². The quantitative estimate of drug-likeness (QED) is 0.618. The fraction of sp³-hybridized carbons (Fsp3) is 0.435. The molecule has 2 aliphatic rings. The lowest BCUT2D eigenvalue weighted by atomic mass is 9.93. The number of aromatic nitrogens is 1. The maximum Gasteiger partial charge on any atom is 0.329 e. The molecule has 1 aromatic carbocycles. The molecule has 1 atom stereocenters. The summed E-state index contributed by atoms with van der Waals surface area (Å²) in [6.45, 7) is 5.82. The molecule has 3 heterocycles. The summed E-state index contributed by atoms with van der Waals surface area (Å²) in [5.41, 5.74) is 1.44. The Balaban J connectivity index is 1.31. The molecule has 0 aliphatic carbocycles. The summed E-state index contributed by atoms with van der Waals surface area (Å²) in [4.78, 5) is 33.8. The number of nitrogens with one attached hydrogen (secondary N) is 3. The number of piperazine rings is 1. The number of carbonyl (C=O) groups is 2. The number of amides is 3. The molecule has 0 unspecified atom stereocenters. The number of hydrogen-bond donors (Lipinski definition) is 2. The number of carbonyl (C=O) groups excluding carboxylic acids is 2. The van der Waals surface area contributed by atoms with E-state index in [0.717, 1.165) is 37.5 Å². The average molecular weight is 426 g/mol. The van der Waals surface area contributed by atoms with E-state index in [9.17, 15) is 9.59 Å². The van der Waals surface area contributed by atoms with Crippen molar-refractivity contribution in [1.29, 1.82) is 0 Å². The van der Waals surface area contributed by atoms with Gasteiger partial charge in [0.05, 0.1) is 33.3 Å². The molecule has 1 aromatic heterocycles. The van der Waals surface area contributed by atoms with Gasteiger partial charge < -0.3 is 19.9 Å². The fourth-order valence-electron chi connectivity index (χ4n) is 4.30. The smallest absolute Gasteiger partial charge is 0.329 e. The van der Waals surface area contributed by atoms with Gasteiger partial charge in [-0.25, -0.2) is 14.7 Å². The normalized spacial score (nSPS) is 22.0. The molecular formula is C23H31N5O3+2. The SMILES string of the molecule is COc1ccc(CC[C@@]2(C)NC(=O)N(C[NH+]3CCN(c4cc[nH+]cc4)CC3)C2=O)cc1. The lowest BCUT2D eigenvalue weighted by Gasteiger charge is -2.34. The van der Waals surface area contributed by atoms with Crippen LogP contribution in [0.4, 0.5) is 10.5 Å². The van der Waals surface area contributed by atoms with Crippen LogP contribution in [0, 0.1) is 0 Å². The highest BCUT2D eigenvalue weighted by Crippen LogP contribution is 2.23. The lowest BCUT2D eigenvalue weighted by molar-refractivity contribution is -0.907. The number of urea groups is 1. The first kappa shape index (κ1) is 21.1. The van der Waals surface area contributed by atoms with Crippen LogP contribution >= 0.6 is 0 Å². The van der Waals surface area contributed by atoms with E-state index in [4.69, 9.17) is 4.74 Å². The molecule has 0 bridgehead atoms. The van der Waals surface area contributed by atoms with Crippen LogP contribution in [0.25, 0.3) is 0 Å². The highest BCUT2D eigenvalue weighted by Gasteiger charge is 2.48. The van der Waals surface area contributed by atoms with Crippen molar-refractivity contribution in [2.75, 3.05) is 44.9 Å². The van der Waals surface area contributed by atoms with Crippen molar-refractivity contribution in [3.63, 3.8) is 0 Å². The van der Waals surface area contributed by atoms with Crippen LogP contribution in [-0.4, -0.2) is 62.3 Å². The molecule has 2 saturated heterocycles. The predicted molar refractivity (Wildman–Crippen MR) is 116 cm³/mol. The van der Waals surface area contributed by atoms with Gasteiger partial charge in [-0.1, -0.05) is 12.1 Å². The van der Waals surface area contributed by atoms with Crippen LogP contribution in [0.1, 0.15) is 18.9 Å². The first-order valence-corrected chi connectivity index (χ1v) is 10.8. The Morgan fingerprint density at radius 2 is 1.77 bits per heavy atom. The molecule has 31 heavy (non-hydrogen) atoms. The summed E-state index contributed by atoms with van der Waals surface area (Å²) in [6.07, 6.45) is 5.12. The summed E-state index contributed by atoms with van der Waals surface area (Å²) in [5.74, 6) is 0.680. The Kier molecular flexibility index (Phi) is 6.08. The maximum absolute atomic E-state index is 13.1. The van der Waals surface area contributed by atoms with E-state index in [1.807, 2.05) is 43.6 Å². The maximum atomic E-state index is 13.1. The summed E-state index contributed by atoms with van der Waals surface area (Å²) < 4.78 is 5.19. The molecule has 0 saturated carbocycles. The van der Waals surface area contributed by atoms with E-state index in [-0.39, 0.29) is 11.9 Å². The minimum Gasteiger partial charge on any atom is -0.497 e. The summed E-state index contributed by atoms with van der Waals surface area (Å²) in [5, 5.41) is 2.93. The average Bonchev–Trinajstić information content (AvgIpc) is 3.02. The van der Waals surface area contributed by atoms with Crippen molar-refractivity contribution in [3.05, 3.63) is 54.4 Å². The standard InChI is InChI=1S/C23H29N5O3/c1-23(10-7-18-3-5-20(31-2)6-4-18)21(29)28(22(30)25-23)17-26-13-15-27(16-14-26)19-8-11-24-12-9-19/h3-6,8-9,11-12H,7,10,13-17H2,1-2H3,(H,25,30)/p+2/t23-/m1/s1.